The first-order chi connectivity index (χ1) is 16.0. The Morgan fingerprint density at radius 2 is 1.76 bits per heavy atom. The Labute approximate surface area is 195 Å². The Kier molecular flexibility index (Phi) is 6.97. The molecule has 4 rings (SSSR count). The van der Waals surface area contributed by atoms with Crippen molar-refractivity contribution < 1.29 is 19.1 Å². The molecular formula is C28H31NO4. The molecule has 0 bridgehead atoms. The molecule has 2 aromatic rings. The van der Waals surface area contributed by atoms with Crippen LogP contribution in [0, 0.1) is 0 Å². The van der Waals surface area contributed by atoms with E-state index in [9.17, 15) is 9.59 Å². The maximum Gasteiger partial charge on any atom is 0.336 e. The summed E-state index contributed by atoms with van der Waals surface area (Å²) in [5.74, 6) is -0.0538. The number of allylic oxidation sites excluding steroid dienone is 3. The first kappa shape index (κ1) is 22.8. The van der Waals surface area contributed by atoms with Gasteiger partial charge in [0.2, 0.25) is 0 Å². The molecule has 2 aliphatic rings. The molecule has 1 N–H and O–H groups in total. The van der Waals surface area contributed by atoms with E-state index in [0.29, 0.717) is 36.3 Å². The molecule has 5 heteroatoms. The van der Waals surface area contributed by atoms with Crippen molar-refractivity contribution in [1.82, 2.24) is 5.32 Å². The van der Waals surface area contributed by atoms with Gasteiger partial charge < -0.3 is 14.8 Å². The van der Waals surface area contributed by atoms with Gasteiger partial charge in [-0.1, -0.05) is 55.5 Å². The van der Waals surface area contributed by atoms with Crippen LogP contribution in [0.1, 0.15) is 63.0 Å². The Morgan fingerprint density at radius 3 is 2.48 bits per heavy atom. The molecule has 2 atom stereocenters. The van der Waals surface area contributed by atoms with E-state index < -0.39 is 11.9 Å². The van der Waals surface area contributed by atoms with Crippen LogP contribution in [-0.4, -0.2) is 25.0 Å². The summed E-state index contributed by atoms with van der Waals surface area (Å²) < 4.78 is 11.5. The van der Waals surface area contributed by atoms with Gasteiger partial charge in [-0.3, -0.25) is 4.79 Å². The minimum Gasteiger partial charge on any atom is -0.493 e. The van der Waals surface area contributed by atoms with Crippen molar-refractivity contribution in [3.63, 3.8) is 0 Å². The van der Waals surface area contributed by atoms with E-state index in [1.807, 2.05) is 49.4 Å². The second kappa shape index (κ2) is 10.1. The quantitative estimate of drug-likeness (QED) is 0.578. The van der Waals surface area contributed by atoms with E-state index >= 15 is 0 Å². The molecule has 1 aliphatic carbocycles. The van der Waals surface area contributed by atoms with Gasteiger partial charge in [0.25, 0.3) is 0 Å². The zero-order valence-electron chi connectivity index (χ0n) is 19.5. The van der Waals surface area contributed by atoms with Gasteiger partial charge in [-0.15, -0.1) is 0 Å². The smallest absolute Gasteiger partial charge is 0.336 e. The predicted molar refractivity (Wildman–Crippen MR) is 128 cm³/mol. The first-order valence-electron chi connectivity index (χ1n) is 11.7. The Bertz CT molecular complexity index is 1100. The van der Waals surface area contributed by atoms with E-state index in [1.165, 1.54) is 0 Å². The van der Waals surface area contributed by atoms with Crippen molar-refractivity contribution in [3.8, 4) is 5.75 Å². The van der Waals surface area contributed by atoms with E-state index in [4.69, 9.17) is 9.47 Å². The molecule has 0 saturated heterocycles. The van der Waals surface area contributed by atoms with Gasteiger partial charge in [0.1, 0.15) is 5.75 Å². The van der Waals surface area contributed by atoms with Crippen LogP contribution in [0.5, 0.6) is 5.75 Å². The second-order valence-electron chi connectivity index (χ2n) is 8.53. The third-order valence-electron chi connectivity index (χ3n) is 6.29. The molecule has 0 radical (unpaired) electrons. The summed E-state index contributed by atoms with van der Waals surface area (Å²) in [6.07, 6.45) is 1.99. The highest BCUT2D eigenvalue weighted by Gasteiger charge is 2.42. The van der Waals surface area contributed by atoms with Gasteiger partial charge in [0.05, 0.1) is 24.7 Å². The molecule has 2 unspecified atom stereocenters. The lowest BCUT2D eigenvalue weighted by atomic mass is 9.71. The summed E-state index contributed by atoms with van der Waals surface area (Å²) in [5.41, 5.74) is 4.73. The number of hydrogen-bond acceptors (Lipinski definition) is 5. The minimum absolute atomic E-state index is 0.0576. The van der Waals surface area contributed by atoms with Crippen LogP contribution in [0.25, 0.3) is 0 Å². The molecule has 33 heavy (non-hydrogen) atoms. The van der Waals surface area contributed by atoms with Crippen LogP contribution in [0.15, 0.2) is 77.1 Å². The van der Waals surface area contributed by atoms with Gasteiger partial charge in [0.15, 0.2) is 5.78 Å². The third-order valence-corrected chi connectivity index (χ3v) is 6.29. The number of esters is 1. The SMILES string of the molecule is CCCOc1ccccc1C1C(C(=O)OCC)=C(C)NC2=C1C(=O)CC(c1ccccc1)C2. The number of ether oxygens (including phenoxy) is 2. The maximum absolute atomic E-state index is 13.6. The highest BCUT2D eigenvalue weighted by molar-refractivity contribution is 6.04. The number of carbonyl (C=O) groups excluding carboxylic acids is 2. The number of hydrogen-bond donors (Lipinski definition) is 1. The Morgan fingerprint density at radius 1 is 1.03 bits per heavy atom. The lowest BCUT2D eigenvalue weighted by Gasteiger charge is -2.37. The summed E-state index contributed by atoms with van der Waals surface area (Å²) in [5, 5.41) is 3.40. The molecule has 0 aromatic heterocycles. The lowest BCUT2D eigenvalue weighted by Crippen LogP contribution is -2.36. The van der Waals surface area contributed by atoms with Gasteiger partial charge in [-0.05, 0) is 44.2 Å². The molecule has 0 amide bonds. The normalized spacial score (nSPS) is 20.3. The zero-order valence-corrected chi connectivity index (χ0v) is 19.5. The van der Waals surface area contributed by atoms with Crippen LogP contribution in [0.3, 0.4) is 0 Å². The van der Waals surface area contributed by atoms with Crippen molar-refractivity contribution >= 4 is 11.8 Å². The van der Waals surface area contributed by atoms with Crippen LogP contribution in [0.2, 0.25) is 0 Å². The lowest BCUT2D eigenvalue weighted by molar-refractivity contribution is -0.138. The van der Waals surface area contributed by atoms with Crippen LogP contribution >= 0.6 is 0 Å². The average molecular weight is 446 g/mol. The summed E-state index contributed by atoms with van der Waals surface area (Å²) in [4.78, 5) is 26.7. The molecule has 1 aliphatic heterocycles. The molecule has 0 saturated carbocycles. The number of benzene rings is 2. The second-order valence-corrected chi connectivity index (χ2v) is 8.53. The molecule has 1 heterocycles. The summed E-state index contributed by atoms with van der Waals surface area (Å²) in [6.45, 7) is 6.56. The van der Waals surface area contributed by atoms with E-state index in [1.54, 1.807) is 6.92 Å². The molecule has 5 nitrogen and oxygen atoms in total. The van der Waals surface area contributed by atoms with Crippen molar-refractivity contribution in [3.05, 3.63) is 88.3 Å². The van der Waals surface area contributed by atoms with Gasteiger partial charge in [-0.2, -0.15) is 0 Å². The van der Waals surface area contributed by atoms with E-state index in [2.05, 4.69) is 24.4 Å². The molecular weight excluding hydrogens is 414 g/mol. The molecule has 2 aromatic carbocycles. The number of carbonyl (C=O) groups is 2. The van der Waals surface area contributed by atoms with Crippen molar-refractivity contribution in [1.29, 1.82) is 0 Å². The Hall–Kier alpha value is -3.34. The number of rotatable bonds is 7. The zero-order chi connectivity index (χ0) is 23.4. The summed E-state index contributed by atoms with van der Waals surface area (Å²) >= 11 is 0. The fraction of sp³-hybridized carbons (Fsp3) is 0.357. The highest BCUT2D eigenvalue weighted by Crippen LogP contribution is 2.47. The number of Topliss-reactive ketones (excluding diaryl/α,β-unsaturated/α-hetero) is 1. The third kappa shape index (κ3) is 4.58. The highest BCUT2D eigenvalue weighted by atomic mass is 16.5. The number of nitrogens with one attached hydrogen (secondary N) is 1. The van der Waals surface area contributed by atoms with Crippen LogP contribution in [-0.2, 0) is 14.3 Å². The molecule has 172 valence electrons. The minimum atomic E-state index is -0.516. The average Bonchev–Trinajstić information content (AvgIpc) is 2.82. The largest absolute Gasteiger partial charge is 0.493 e. The standard InChI is InChI=1S/C28H31NO4/c1-4-15-33-24-14-10-9-13-21(24)26-25(28(31)32-5-2)18(3)29-22-16-20(17-23(30)27(22)26)19-11-7-6-8-12-19/h6-14,20,26,29H,4-5,15-17H2,1-3H3. The topological polar surface area (TPSA) is 64.6 Å². The molecule has 0 spiro atoms. The monoisotopic (exact) mass is 445 g/mol. The van der Waals surface area contributed by atoms with Crippen molar-refractivity contribution in [2.24, 2.45) is 0 Å². The predicted octanol–water partition coefficient (Wildman–Crippen LogP) is 5.40. The van der Waals surface area contributed by atoms with Gasteiger partial charge >= 0.3 is 5.97 Å². The fourth-order valence-electron chi connectivity index (χ4n) is 4.85. The summed E-state index contributed by atoms with van der Waals surface area (Å²) in [7, 11) is 0. The van der Waals surface area contributed by atoms with Gasteiger partial charge in [0, 0.05) is 29.0 Å². The Balaban J connectivity index is 1.82. The number of para-hydroxylation sites is 1. The fourth-order valence-corrected chi connectivity index (χ4v) is 4.85. The van der Waals surface area contributed by atoms with Crippen LogP contribution < -0.4 is 10.1 Å². The van der Waals surface area contributed by atoms with Gasteiger partial charge in [-0.25, -0.2) is 4.79 Å². The number of ketones is 1. The maximum atomic E-state index is 13.6. The van der Waals surface area contributed by atoms with Crippen LogP contribution in [0.4, 0.5) is 0 Å². The van der Waals surface area contributed by atoms with Crippen molar-refractivity contribution in [2.75, 3.05) is 13.2 Å². The number of dihydropyridines is 1. The first-order valence-corrected chi connectivity index (χ1v) is 11.7. The van der Waals surface area contributed by atoms with E-state index in [-0.39, 0.29) is 18.3 Å². The van der Waals surface area contributed by atoms with Crippen molar-refractivity contribution in [2.45, 2.75) is 51.9 Å². The van der Waals surface area contributed by atoms with E-state index in [0.717, 1.165) is 28.9 Å². The molecule has 0 fully saturated rings. The summed E-state index contributed by atoms with van der Waals surface area (Å²) in [6, 6.07) is 17.8.